The highest BCUT2D eigenvalue weighted by molar-refractivity contribution is 5.79. The predicted molar refractivity (Wildman–Crippen MR) is 99.8 cm³/mol. The van der Waals surface area contributed by atoms with E-state index in [1.165, 1.54) is 5.56 Å². The van der Waals surface area contributed by atoms with Gasteiger partial charge >= 0.3 is 0 Å². The van der Waals surface area contributed by atoms with E-state index in [2.05, 4.69) is 58.5 Å². The van der Waals surface area contributed by atoms with Crippen molar-refractivity contribution in [3.63, 3.8) is 0 Å². The summed E-state index contributed by atoms with van der Waals surface area (Å²) in [5.41, 5.74) is 3.27. The predicted octanol–water partition coefficient (Wildman–Crippen LogP) is 2.85. The van der Waals surface area contributed by atoms with Gasteiger partial charge in [-0.1, -0.05) is 38.1 Å². The molecular weight excluding hydrogens is 312 g/mol. The van der Waals surface area contributed by atoms with Crippen molar-refractivity contribution in [3.8, 4) is 0 Å². The second kappa shape index (κ2) is 7.64. The molecule has 0 radical (unpaired) electrons. The average molecular weight is 338 g/mol. The standard InChI is InChI=1S/C20H26N4O/c1-14(2)17-7-5-16(6-8-17)12-20(25)21-18-10-11-24(13-18)19-9-4-15(3)22-23-19/h4-9,14,18H,10-13H2,1-3H3,(H,21,25)/t18-/m0/s1. The molecule has 3 rings (SSSR count). The number of carbonyl (C=O) groups excluding carboxylic acids is 1. The zero-order chi connectivity index (χ0) is 17.8. The fourth-order valence-electron chi connectivity index (χ4n) is 3.13. The summed E-state index contributed by atoms with van der Waals surface area (Å²) in [4.78, 5) is 14.5. The maximum Gasteiger partial charge on any atom is 0.224 e. The Hall–Kier alpha value is -2.43. The Bertz CT molecular complexity index is 709. The largest absolute Gasteiger partial charge is 0.353 e. The number of benzene rings is 1. The van der Waals surface area contributed by atoms with Crippen molar-refractivity contribution in [2.45, 2.75) is 45.6 Å². The first-order valence-corrected chi connectivity index (χ1v) is 8.95. The van der Waals surface area contributed by atoms with Gasteiger partial charge in [0.05, 0.1) is 12.1 Å². The van der Waals surface area contributed by atoms with Gasteiger partial charge in [-0.25, -0.2) is 0 Å². The molecule has 1 atom stereocenters. The molecule has 132 valence electrons. The zero-order valence-electron chi connectivity index (χ0n) is 15.2. The summed E-state index contributed by atoms with van der Waals surface area (Å²) >= 11 is 0. The zero-order valence-corrected chi connectivity index (χ0v) is 15.2. The maximum absolute atomic E-state index is 12.3. The number of carbonyl (C=O) groups is 1. The Morgan fingerprint density at radius 2 is 1.96 bits per heavy atom. The van der Waals surface area contributed by atoms with E-state index in [1.807, 2.05) is 19.1 Å². The number of hydrogen-bond donors (Lipinski definition) is 1. The Labute approximate surface area is 149 Å². The summed E-state index contributed by atoms with van der Waals surface area (Å²) in [5.74, 6) is 1.47. The fraction of sp³-hybridized carbons (Fsp3) is 0.450. The molecule has 1 saturated heterocycles. The highest BCUT2D eigenvalue weighted by Crippen LogP contribution is 2.18. The third-order valence-electron chi connectivity index (χ3n) is 4.67. The lowest BCUT2D eigenvalue weighted by molar-refractivity contribution is -0.121. The summed E-state index contributed by atoms with van der Waals surface area (Å²) in [7, 11) is 0. The molecule has 1 N–H and O–H groups in total. The van der Waals surface area contributed by atoms with Gasteiger partial charge in [0.2, 0.25) is 5.91 Å². The third-order valence-corrected chi connectivity index (χ3v) is 4.67. The van der Waals surface area contributed by atoms with Crippen LogP contribution in [0.2, 0.25) is 0 Å². The number of aromatic nitrogens is 2. The molecule has 0 saturated carbocycles. The van der Waals surface area contributed by atoms with Crippen molar-refractivity contribution in [3.05, 3.63) is 53.2 Å². The molecule has 0 spiro atoms. The first-order chi connectivity index (χ1) is 12.0. The van der Waals surface area contributed by atoms with Crippen LogP contribution in [0.5, 0.6) is 0 Å². The van der Waals surface area contributed by atoms with E-state index in [0.29, 0.717) is 12.3 Å². The molecule has 5 nitrogen and oxygen atoms in total. The van der Waals surface area contributed by atoms with E-state index in [9.17, 15) is 4.79 Å². The van der Waals surface area contributed by atoms with E-state index in [1.54, 1.807) is 0 Å². The number of nitrogens with one attached hydrogen (secondary N) is 1. The second-order valence-electron chi connectivity index (χ2n) is 7.11. The van der Waals surface area contributed by atoms with E-state index in [-0.39, 0.29) is 11.9 Å². The molecule has 25 heavy (non-hydrogen) atoms. The number of hydrogen-bond acceptors (Lipinski definition) is 4. The second-order valence-corrected chi connectivity index (χ2v) is 7.11. The Morgan fingerprint density at radius 3 is 2.60 bits per heavy atom. The molecule has 2 aromatic rings. The molecule has 0 unspecified atom stereocenters. The monoisotopic (exact) mass is 338 g/mol. The molecule has 1 fully saturated rings. The first kappa shape index (κ1) is 17.4. The van der Waals surface area contributed by atoms with Gasteiger partial charge in [-0.3, -0.25) is 4.79 Å². The van der Waals surface area contributed by atoms with Crippen LogP contribution in [0.3, 0.4) is 0 Å². The maximum atomic E-state index is 12.3. The van der Waals surface area contributed by atoms with Gasteiger partial charge in [0.1, 0.15) is 0 Å². The topological polar surface area (TPSA) is 58.1 Å². The summed E-state index contributed by atoms with van der Waals surface area (Å²) in [5, 5.41) is 11.5. The molecule has 1 amide bonds. The molecule has 5 heteroatoms. The van der Waals surface area contributed by atoms with Crippen LogP contribution in [0.4, 0.5) is 5.82 Å². The Kier molecular flexibility index (Phi) is 5.31. The van der Waals surface area contributed by atoms with Crippen LogP contribution in [-0.2, 0) is 11.2 Å². The van der Waals surface area contributed by atoms with Crippen molar-refractivity contribution in [2.75, 3.05) is 18.0 Å². The summed E-state index contributed by atoms with van der Waals surface area (Å²) < 4.78 is 0. The summed E-state index contributed by atoms with van der Waals surface area (Å²) in [6, 6.07) is 12.5. The van der Waals surface area contributed by atoms with Gasteiger partial charge in [-0.15, -0.1) is 5.10 Å². The van der Waals surface area contributed by atoms with Crippen LogP contribution in [0.15, 0.2) is 36.4 Å². The number of amides is 1. The van der Waals surface area contributed by atoms with Gasteiger partial charge in [0.15, 0.2) is 5.82 Å². The third kappa shape index (κ3) is 4.56. The van der Waals surface area contributed by atoms with Gasteiger partial charge in [0.25, 0.3) is 0 Å². The van der Waals surface area contributed by atoms with Crippen LogP contribution >= 0.6 is 0 Å². The molecule has 2 heterocycles. The number of anilines is 1. The lowest BCUT2D eigenvalue weighted by Gasteiger charge is -2.17. The van der Waals surface area contributed by atoms with Crippen molar-refractivity contribution < 1.29 is 4.79 Å². The van der Waals surface area contributed by atoms with Crippen LogP contribution < -0.4 is 10.2 Å². The molecule has 1 aliphatic heterocycles. The van der Waals surface area contributed by atoms with Crippen LogP contribution in [0, 0.1) is 6.92 Å². The Balaban J connectivity index is 1.51. The molecule has 1 aromatic heterocycles. The van der Waals surface area contributed by atoms with E-state index in [4.69, 9.17) is 0 Å². The Morgan fingerprint density at radius 1 is 1.20 bits per heavy atom. The van der Waals surface area contributed by atoms with Crippen LogP contribution in [0.25, 0.3) is 0 Å². The summed E-state index contributed by atoms with van der Waals surface area (Å²) in [6.07, 6.45) is 1.37. The lowest BCUT2D eigenvalue weighted by Crippen LogP contribution is -2.38. The molecular formula is C20H26N4O. The van der Waals surface area contributed by atoms with Gasteiger partial charge in [-0.2, -0.15) is 5.10 Å². The van der Waals surface area contributed by atoms with Crippen LogP contribution in [-0.4, -0.2) is 35.2 Å². The van der Waals surface area contributed by atoms with Gasteiger partial charge in [0, 0.05) is 19.1 Å². The minimum atomic E-state index is 0.0825. The molecule has 1 aliphatic rings. The highest BCUT2D eigenvalue weighted by Gasteiger charge is 2.25. The highest BCUT2D eigenvalue weighted by atomic mass is 16.1. The van der Waals surface area contributed by atoms with Gasteiger partial charge < -0.3 is 10.2 Å². The number of aryl methyl sites for hydroxylation is 1. The van der Waals surface area contributed by atoms with E-state index < -0.39 is 0 Å². The van der Waals surface area contributed by atoms with Crippen molar-refractivity contribution in [1.82, 2.24) is 15.5 Å². The molecule has 0 aliphatic carbocycles. The minimum absolute atomic E-state index is 0.0825. The average Bonchev–Trinajstić information content (AvgIpc) is 3.04. The van der Waals surface area contributed by atoms with Gasteiger partial charge in [-0.05, 0) is 42.5 Å². The van der Waals surface area contributed by atoms with Crippen molar-refractivity contribution in [1.29, 1.82) is 0 Å². The summed E-state index contributed by atoms with van der Waals surface area (Å²) in [6.45, 7) is 7.96. The molecule has 0 bridgehead atoms. The van der Waals surface area contributed by atoms with Crippen LogP contribution in [0.1, 0.15) is 43.0 Å². The first-order valence-electron chi connectivity index (χ1n) is 8.95. The molecule has 1 aromatic carbocycles. The van der Waals surface area contributed by atoms with E-state index >= 15 is 0 Å². The minimum Gasteiger partial charge on any atom is -0.353 e. The number of rotatable bonds is 5. The van der Waals surface area contributed by atoms with Crippen molar-refractivity contribution in [2.24, 2.45) is 0 Å². The van der Waals surface area contributed by atoms with Crippen molar-refractivity contribution >= 4 is 11.7 Å². The normalized spacial score (nSPS) is 17.1. The number of nitrogens with zero attached hydrogens (tertiary/aromatic N) is 3. The SMILES string of the molecule is Cc1ccc(N2CC[C@H](NC(=O)Cc3ccc(C(C)C)cc3)C2)nn1. The quantitative estimate of drug-likeness (QED) is 0.911. The fourth-order valence-corrected chi connectivity index (χ4v) is 3.13. The van der Waals surface area contributed by atoms with E-state index in [0.717, 1.165) is 36.6 Å². The lowest BCUT2D eigenvalue weighted by atomic mass is 10.0. The smallest absolute Gasteiger partial charge is 0.224 e.